The van der Waals surface area contributed by atoms with E-state index in [4.69, 9.17) is 9.47 Å². The number of nitrogens with zero attached hydrogens (tertiary/aromatic N) is 1. The Hall–Kier alpha value is -3.02. The number of carbonyl (C=O) groups is 2. The van der Waals surface area contributed by atoms with E-state index in [-0.39, 0.29) is 24.3 Å². The molecule has 0 aliphatic carbocycles. The van der Waals surface area contributed by atoms with Crippen molar-refractivity contribution in [2.24, 2.45) is 5.92 Å². The maximum absolute atomic E-state index is 13.4. The van der Waals surface area contributed by atoms with Crippen molar-refractivity contribution in [3.63, 3.8) is 0 Å². The molecule has 2 aromatic rings. The van der Waals surface area contributed by atoms with E-state index in [1.165, 1.54) is 0 Å². The lowest BCUT2D eigenvalue weighted by atomic mass is 10.0. The highest BCUT2D eigenvalue weighted by molar-refractivity contribution is 5.88. The first-order valence-corrected chi connectivity index (χ1v) is 11.7. The Morgan fingerprint density at radius 1 is 1.03 bits per heavy atom. The summed E-state index contributed by atoms with van der Waals surface area (Å²) in [6, 6.07) is 14.7. The molecule has 0 spiro atoms. The Kier molecular flexibility index (Phi) is 10.2. The maximum Gasteiger partial charge on any atom is 0.261 e. The quantitative estimate of drug-likeness (QED) is 0.501. The molecule has 0 aliphatic rings. The van der Waals surface area contributed by atoms with Crippen LogP contribution in [0.2, 0.25) is 0 Å². The van der Waals surface area contributed by atoms with Crippen molar-refractivity contribution in [1.29, 1.82) is 0 Å². The average Bonchev–Trinajstić information content (AvgIpc) is 2.81. The normalized spacial score (nSPS) is 11.9. The van der Waals surface area contributed by atoms with Gasteiger partial charge in [-0.3, -0.25) is 9.59 Å². The molecule has 2 rings (SSSR count). The van der Waals surface area contributed by atoms with Gasteiger partial charge in [-0.15, -0.1) is 0 Å². The van der Waals surface area contributed by atoms with Crippen LogP contribution in [0.3, 0.4) is 0 Å². The first-order valence-electron chi connectivity index (χ1n) is 11.7. The van der Waals surface area contributed by atoms with Gasteiger partial charge in [-0.2, -0.15) is 0 Å². The van der Waals surface area contributed by atoms with Gasteiger partial charge in [0.15, 0.2) is 6.61 Å². The van der Waals surface area contributed by atoms with Crippen molar-refractivity contribution in [1.82, 2.24) is 10.2 Å². The lowest BCUT2D eigenvalue weighted by molar-refractivity contribution is -0.143. The van der Waals surface area contributed by atoms with Crippen molar-refractivity contribution in [2.45, 2.75) is 59.5 Å². The zero-order chi connectivity index (χ0) is 24.4. The molecular formula is C27H38N2O4. The molecule has 0 saturated carbocycles. The summed E-state index contributed by atoms with van der Waals surface area (Å²) in [7, 11) is 1.61. The van der Waals surface area contributed by atoms with Gasteiger partial charge in [-0.25, -0.2) is 0 Å². The predicted octanol–water partition coefficient (Wildman–Crippen LogP) is 4.78. The number of benzene rings is 2. The van der Waals surface area contributed by atoms with Crippen LogP contribution in [-0.4, -0.2) is 43.0 Å². The zero-order valence-corrected chi connectivity index (χ0v) is 20.8. The molecular weight excluding hydrogens is 416 g/mol. The molecule has 6 nitrogen and oxygen atoms in total. The van der Waals surface area contributed by atoms with Crippen LogP contribution in [0.5, 0.6) is 11.5 Å². The summed E-state index contributed by atoms with van der Waals surface area (Å²) in [6.07, 6.45) is 0.502. The average molecular weight is 455 g/mol. The van der Waals surface area contributed by atoms with Crippen molar-refractivity contribution in [2.75, 3.05) is 20.3 Å². The van der Waals surface area contributed by atoms with E-state index < -0.39 is 6.04 Å². The number of hydrogen-bond acceptors (Lipinski definition) is 4. The fraction of sp³-hybridized carbons (Fsp3) is 0.481. The van der Waals surface area contributed by atoms with Crippen LogP contribution in [0.15, 0.2) is 48.5 Å². The van der Waals surface area contributed by atoms with Crippen LogP contribution in [0.1, 0.15) is 58.1 Å². The summed E-state index contributed by atoms with van der Waals surface area (Å²) in [5.74, 6) is 1.62. The fourth-order valence-corrected chi connectivity index (χ4v) is 3.62. The third-order valence-corrected chi connectivity index (χ3v) is 5.45. The molecule has 0 heterocycles. The fourth-order valence-electron chi connectivity index (χ4n) is 3.62. The van der Waals surface area contributed by atoms with Crippen LogP contribution >= 0.6 is 0 Å². The van der Waals surface area contributed by atoms with Crippen LogP contribution in [0.25, 0.3) is 0 Å². The Morgan fingerprint density at radius 2 is 1.76 bits per heavy atom. The topological polar surface area (TPSA) is 67.9 Å². The Morgan fingerprint density at radius 3 is 2.39 bits per heavy atom. The minimum atomic E-state index is -0.591. The van der Waals surface area contributed by atoms with Gasteiger partial charge in [-0.05, 0) is 47.6 Å². The number of nitrogens with one attached hydrogen (secondary N) is 1. The highest BCUT2D eigenvalue weighted by Gasteiger charge is 2.29. The standard InChI is InChI=1S/C27H38N2O4/c1-7-24(27(31)28-16-19(2)3)29(17-21-11-10-12-22(15-21)32-6)26(30)18-33-25-14-9-8-13-23(25)20(4)5/h8-15,19-20,24H,7,16-18H2,1-6H3,(H,28,31)/t24-/m1/s1. The van der Waals surface area contributed by atoms with Gasteiger partial charge in [-0.1, -0.05) is 65.0 Å². The molecule has 180 valence electrons. The van der Waals surface area contributed by atoms with Crippen LogP contribution < -0.4 is 14.8 Å². The molecule has 2 amide bonds. The van der Waals surface area contributed by atoms with Gasteiger partial charge in [0.05, 0.1) is 7.11 Å². The summed E-state index contributed by atoms with van der Waals surface area (Å²) in [6.45, 7) is 10.9. The minimum Gasteiger partial charge on any atom is -0.497 e. The van der Waals surface area contributed by atoms with E-state index in [2.05, 4.69) is 19.2 Å². The van der Waals surface area contributed by atoms with Gasteiger partial charge in [0.1, 0.15) is 17.5 Å². The van der Waals surface area contributed by atoms with Gasteiger partial charge < -0.3 is 19.7 Å². The molecule has 0 aromatic heterocycles. The third-order valence-electron chi connectivity index (χ3n) is 5.45. The van der Waals surface area contributed by atoms with Crippen LogP contribution in [-0.2, 0) is 16.1 Å². The number of carbonyl (C=O) groups excluding carboxylic acids is 2. The van der Waals surface area contributed by atoms with Crippen molar-refractivity contribution >= 4 is 11.8 Å². The maximum atomic E-state index is 13.4. The predicted molar refractivity (Wildman–Crippen MR) is 131 cm³/mol. The monoisotopic (exact) mass is 454 g/mol. The largest absolute Gasteiger partial charge is 0.497 e. The smallest absolute Gasteiger partial charge is 0.261 e. The van der Waals surface area contributed by atoms with Crippen molar-refractivity contribution in [3.05, 3.63) is 59.7 Å². The summed E-state index contributed by atoms with van der Waals surface area (Å²) < 4.78 is 11.3. The van der Waals surface area contributed by atoms with Gasteiger partial charge in [0, 0.05) is 13.1 Å². The molecule has 2 aromatic carbocycles. The van der Waals surface area contributed by atoms with Gasteiger partial charge in [0.25, 0.3) is 5.91 Å². The van der Waals surface area contributed by atoms with E-state index in [9.17, 15) is 9.59 Å². The molecule has 1 N–H and O–H groups in total. The summed E-state index contributed by atoms with van der Waals surface area (Å²) in [4.78, 5) is 28.0. The molecule has 0 unspecified atom stereocenters. The molecule has 0 aliphatic heterocycles. The lowest BCUT2D eigenvalue weighted by Gasteiger charge is -2.31. The molecule has 0 radical (unpaired) electrons. The molecule has 6 heteroatoms. The Labute approximate surface area is 198 Å². The SMILES string of the molecule is CC[C@H](C(=O)NCC(C)C)N(Cc1cccc(OC)c1)C(=O)COc1ccccc1C(C)C. The first-order chi connectivity index (χ1) is 15.8. The van der Waals surface area contributed by atoms with E-state index >= 15 is 0 Å². The Bertz CT molecular complexity index is 910. The van der Waals surface area contributed by atoms with Crippen molar-refractivity contribution in [3.8, 4) is 11.5 Å². The van der Waals surface area contributed by atoms with Gasteiger partial charge >= 0.3 is 0 Å². The van der Waals surface area contributed by atoms with E-state index in [1.807, 2.05) is 69.3 Å². The second-order valence-electron chi connectivity index (χ2n) is 8.92. The molecule has 1 atom stereocenters. The van der Waals surface area contributed by atoms with Crippen LogP contribution in [0.4, 0.5) is 0 Å². The second-order valence-corrected chi connectivity index (χ2v) is 8.92. The lowest BCUT2D eigenvalue weighted by Crippen LogP contribution is -2.50. The molecule has 0 fully saturated rings. The van der Waals surface area contributed by atoms with Crippen molar-refractivity contribution < 1.29 is 19.1 Å². The van der Waals surface area contributed by atoms with Crippen LogP contribution in [0, 0.1) is 5.92 Å². The zero-order valence-electron chi connectivity index (χ0n) is 20.8. The van der Waals surface area contributed by atoms with Gasteiger partial charge in [0.2, 0.25) is 5.91 Å². The highest BCUT2D eigenvalue weighted by Crippen LogP contribution is 2.26. The number of hydrogen-bond donors (Lipinski definition) is 1. The first kappa shape index (κ1) is 26.2. The molecule has 0 bridgehead atoms. The number of ether oxygens (including phenoxy) is 2. The van der Waals surface area contributed by atoms with E-state index in [0.717, 1.165) is 11.1 Å². The number of methoxy groups -OCH3 is 1. The second kappa shape index (κ2) is 12.9. The molecule has 33 heavy (non-hydrogen) atoms. The van der Waals surface area contributed by atoms with E-state index in [1.54, 1.807) is 12.0 Å². The van der Waals surface area contributed by atoms with E-state index in [0.29, 0.717) is 36.9 Å². The summed E-state index contributed by atoms with van der Waals surface area (Å²) in [5.41, 5.74) is 1.94. The minimum absolute atomic E-state index is 0.137. The Balaban J connectivity index is 2.26. The third kappa shape index (κ3) is 7.81. The number of para-hydroxylation sites is 1. The summed E-state index contributed by atoms with van der Waals surface area (Å²) >= 11 is 0. The summed E-state index contributed by atoms with van der Waals surface area (Å²) in [5, 5.41) is 2.98. The highest BCUT2D eigenvalue weighted by atomic mass is 16.5. The number of rotatable bonds is 12. The molecule has 0 saturated heterocycles. The number of amides is 2.